The number of benzene rings is 9. The van der Waals surface area contributed by atoms with Crippen molar-refractivity contribution in [2.75, 3.05) is 0 Å². The lowest BCUT2D eigenvalue weighted by Gasteiger charge is -2.24. The van der Waals surface area contributed by atoms with Crippen molar-refractivity contribution < 1.29 is 0 Å². The molecule has 0 spiro atoms. The molecule has 0 N–H and O–H groups in total. The molecule has 56 heavy (non-hydrogen) atoms. The smallest absolute Gasteiger partial charge is 0.00208 e. The number of rotatable bonds is 4. The highest BCUT2D eigenvalue weighted by Crippen LogP contribution is 2.49. The standard InChI is InChI=1S/C56H50/c1-31-33(3)37(7)51(38(8)34(31)4)55-47-23-15-11-19-43(47)53(44-20-12-16-24-48(44)55)41-27-29-42(30-28-41)54-45-21-13-17-25-49(45)56(50-26-18-14-22-46(50)54)52-39(9)35(5)32(2)36(6)40(52)10/h11-30H,1-10H3. The van der Waals surface area contributed by atoms with Crippen molar-refractivity contribution in [3.8, 4) is 44.5 Å². The Morgan fingerprint density at radius 3 is 0.571 bits per heavy atom. The highest BCUT2D eigenvalue weighted by atomic mass is 14.3. The summed E-state index contributed by atoms with van der Waals surface area (Å²) in [4.78, 5) is 0. The molecule has 0 saturated heterocycles. The van der Waals surface area contributed by atoms with Crippen molar-refractivity contribution in [1.29, 1.82) is 0 Å². The van der Waals surface area contributed by atoms with E-state index in [2.05, 4.69) is 191 Å². The summed E-state index contributed by atoms with van der Waals surface area (Å²) in [5, 5.41) is 10.4. The maximum absolute atomic E-state index is 2.36. The van der Waals surface area contributed by atoms with E-state index in [1.807, 2.05) is 0 Å². The van der Waals surface area contributed by atoms with Gasteiger partial charge in [-0.2, -0.15) is 0 Å². The molecule has 0 aliphatic rings. The van der Waals surface area contributed by atoms with Crippen molar-refractivity contribution in [3.05, 3.63) is 177 Å². The van der Waals surface area contributed by atoms with Crippen molar-refractivity contribution >= 4 is 43.1 Å². The lowest BCUT2D eigenvalue weighted by atomic mass is 9.80. The molecule has 0 amide bonds. The van der Waals surface area contributed by atoms with Gasteiger partial charge < -0.3 is 0 Å². The molecule has 9 rings (SSSR count). The maximum atomic E-state index is 2.36. The van der Waals surface area contributed by atoms with Crippen LogP contribution in [-0.2, 0) is 0 Å². The molecular weight excluding hydrogens is 673 g/mol. The highest BCUT2D eigenvalue weighted by Gasteiger charge is 2.24. The van der Waals surface area contributed by atoms with Crippen LogP contribution in [0.2, 0.25) is 0 Å². The van der Waals surface area contributed by atoms with Crippen molar-refractivity contribution in [3.63, 3.8) is 0 Å². The van der Waals surface area contributed by atoms with Gasteiger partial charge in [-0.15, -0.1) is 0 Å². The summed E-state index contributed by atoms with van der Waals surface area (Å²) in [6.07, 6.45) is 0. The van der Waals surface area contributed by atoms with Gasteiger partial charge in [-0.1, -0.05) is 121 Å². The number of hydrogen-bond donors (Lipinski definition) is 0. The predicted molar refractivity (Wildman–Crippen MR) is 246 cm³/mol. The fourth-order valence-corrected chi connectivity index (χ4v) is 9.97. The molecule has 9 aromatic rings. The Bertz CT molecular complexity index is 2710. The van der Waals surface area contributed by atoms with Crippen LogP contribution in [-0.4, -0.2) is 0 Å². The zero-order valence-electron chi connectivity index (χ0n) is 34.5. The Labute approximate surface area is 332 Å². The average molecular weight is 723 g/mol. The lowest BCUT2D eigenvalue weighted by Crippen LogP contribution is -2.01. The van der Waals surface area contributed by atoms with Gasteiger partial charge in [0.15, 0.2) is 0 Å². The van der Waals surface area contributed by atoms with E-state index in [0.29, 0.717) is 0 Å². The highest BCUT2D eigenvalue weighted by molar-refractivity contribution is 6.24. The first-order valence-corrected chi connectivity index (χ1v) is 20.1. The Morgan fingerprint density at radius 2 is 0.357 bits per heavy atom. The lowest BCUT2D eigenvalue weighted by molar-refractivity contribution is 1.18. The predicted octanol–water partition coefficient (Wildman–Crippen LogP) is 16.1. The third kappa shape index (κ3) is 5.12. The maximum Gasteiger partial charge on any atom is -0.00208 e. The van der Waals surface area contributed by atoms with Gasteiger partial charge in [0.2, 0.25) is 0 Å². The molecule has 0 radical (unpaired) electrons. The number of hydrogen-bond acceptors (Lipinski definition) is 0. The molecule has 0 heterocycles. The number of fused-ring (bicyclic) bond motifs is 4. The quantitative estimate of drug-likeness (QED) is 0.159. The monoisotopic (exact) mass is 722 g/mol. The molecule has 0 unspecified atom stereocenters. The molecule has 9 aromatic carbocycles. The fraction of sp³-hybridized carbons (Fsp3) is 0.179. The van der Waals surface area contributed by atoms with Crippen LogP contribution in [0.4, 0.5) is 0 Å². The zero-order chi connectivity index (χ0) is 39.2. The molecule has 0 fully saturated rings. The SMILES string of the molecule is Cc1c(C)c(C)c(-c2c3ccccc3c(-c3ccc(-c4c5ccccc5c(-c5c(C)c(C)c(C)c(C)c5C)c5ccccc45)cc3)c3ccccc23)c(C)c1C. The third-order valence-corrected chi connectivity index (χ3v) is 13.8. The molecule has 0 aromatic heterocycles. The van der Waals surface area contributed by atoms with Gasteiger partial charge in [-0.25, -0.2) is 0 Å². The molecule has 0 aliphatic carbocycles. The van der Waals surface area contributed by atoms with Gasteiger partial charge in [0.25, 0.3) is 0 Å². The Balaban J connectivity index is 1.29. The summed E-state index contributed by atoms with van der Waals surface area (Å²) >= 11 is 0. The first-order valence-electron chi connectivity index (χ1n) is 20.1. The molecular formula is C56H50. The normalized spacial score (nSPS) is 11.8. The summed E-state index contributed by atoms with van der Waals surface area (Å²) in [7, 11) is 0. The van der Waals surface area contributed by atoms with Gasteiger partial charge in [-0.3, -0.25) is 0 Å². The Kier molecular flexibility index (Phi) is 8.51. The second-order valence-corrected chi connectivity index (χ2v) is 16.3. The van der Waals surface area contributed by atoms with E-state index in [0.717, 1.165) is 0 Å². The van der Waals surface area contributed by atoms with Gasteiger partial charge in [0.1, 0.15) is 0 Å². The van der Waals surface area contributed by atoms with E-state index in [4.69, 9.17) is 0 Å². The van der Waals surface area contributed by atoms with Gasteiger partial charge in [0, 0.05) is 0 Å². The molecule has 274 valence electrons. The van der Waals surface area contributed by atoms with Crippen LogP contribution < -0.4 is 0 Å². The second-order valence-electron chi connectivity index (χ2n) is 16.3. The van der Waals surface area contributed by atoms with Gasteiger partial charge >= 0.3 is 0 Å². The summed E-state index contributed by atoms with van der Waals surface area (Å²) < 4.78 is 0. The molecule has 0 nitrogen and oxygen atoms in total. The zero-order valence-corrected chi connectivity index (χ0v) is 34.5. The van der Waals surface area contributed by atoms with Crippen LogP contribution in [0.5, 0.6) is 0 Å². The molecule has 0 heteroatoms. The topological polar surface area (TPSA) is 0 Å². The minimum Gasteiger partial charge on any atom is -0.0616 e. The van der Waals surface area contributed by atoms with E-state index in [1.54, 1.807) is 0 Å². The van der Waals surface area contributed by atoms with Crippen molar-refractivity contribution in [1.82, 2.24) is 0 Å². The van der Waals surface area contributed by atoms with Crippen LogP contribution in [0.25, 0.3) is 87.6 Å². The van der Waals surface area contributed by atoms with Crippen molar-refractivity contribution in [2.24, 2.45) is 0 Å². The Morgan fingerprint density at radius 1 is 0.179 bits per heavy atom. The average Bonchev–Trinajstić information content (AvgIpc) is 3.23. The minimum atomic E-state index is 1.24. The van der Waals surface area contributed by atoms with E-state index in [-0.39, 0.29) is 0 Å². The van der Waals surface area contributed by atoms with E-state index >= 15 is 0 Å². The van der Waals surface area contributed by atoms with Crippen LogP contribution >= 0.6 is 0 Å². The van der Waals surface area contributed by atoms with Crippen LogP contribution in [0.1, 0.15) is 55.6 Å². The van der Waals surface area contributed by atoms with E-state index in [9.17, 15) is 0 Å². The molecule has 0 saturated carbocycles. The van der Waals surface area contributed by atoms with Crippen molar-refractivity contribution in [2.45, 2.75) is 69.2 Å². The molecule has 0 aliphatic heterocycles. The second kappa shape index (κ2) is 13.3. The first kappa shape index (κ1) is 35.7. The van der Waals surface area contributed by atoms with Crippen LogP contribution in [0.3, 0.4) is 0 Å². The first-order chi connectivity index (χ1) is 27.0. The third-order valence-electron chi connectivity index (χ3n) is 13.8. The minimum absolute atomic E-state index is 1.24. The fourth-order valence-electron chi connectivity index (χ4n) is 9.97. The summed E-state index contributed by atoms with van der Waals surface area (Å²) in [6.45, 7) is 22.9. The van der Waals surface area contributed by atoms with Gasteiger partial charge in [0.05, 0.1) is 0 Å². The largest absolute Gasteiger partial charge is 0.0616 e. The van der Waals surface area contributed by atoms with Gasteiger partial charge in [-0.05, 0) is 212 Å². The molecule has 0 bridgehead atoms. The van der Waals surface area contributed by atoms with Crippen LogP contribution in [0, 0.1) is 69.2 Å². The van der Waals surface area contributed by atoms with E-state index < -0.39 is 0 Å². The molecule has 0 atom stereocenters. The summed E-state index contributed by atoms with van der Waals surface area (Å²) in [5.41, 5.74) is 24.4. The Hall–Kier alpha value is -5.98. The summed E-state index contributed by atoms with van der Waals surface area (Å²) in [5.74, 6) is 0. The van der Waals surface area contributed by atoms with E-state index in [1.165, 1.54) is 143 Å². The van der Waals surface area contributed by atoms with Crippen LogP contribution in [0.15, 0.2) is 121 Å². The summed E-state index contributed by atoms with van der Waals surface area (Å²) in [6, 6.07) is 45.7.